The van der Waals surface area contributed by atoms with Gasteiger partial charge in [0.15, 0.2) is 0 Å². The van der Waals surface area contributed by atoms with E-state index in [0.717, 1.165) is 16.5 Å². The van der Waals surface area contributed by atoms with E-state index in [-0.39, 0.29) is 18.2 Å². The van der Waals surface area contributed by atoms with Crippen LogP contribution in [0.5, 0.6) is 0 Å². The molecule has 1 unspecified atom stereocenters. The normalized spacial score (nSPS) is 11.8. The maximum atomic E-state index is 13.1. The summed E-state index contributed by atoms with van der Waals surface area (Å²) in [6.45, 7) is 4.60. The number of hydrogen-bond donors (Lipinski definition) is 1. The second-order valence-corrected chi connectivity index (χ2v) is 8.22. The summed E-state index contributed by atoms with van der Waals surface area (Å²) in [6, 6.07) is 12.2. The number of benzene rings is 2. The molecular weight excluding hydrogens is 463 g/mol. The van der Waals surface area contributed by atoms with Gasteiger partial charge in [-0.05, 0) is 48.7 Å². The van der Waals surface area contributed by atoms with Crippen molar-refractivity contribution in [3.63, 3.8) is 0 Å². The van der Waals surface area contributed by atoms with Gasteiger partial charge in [-0.25, -0.2) is 0 Å². The Bertz CT molecular complexity index is 807. The molecule has 1 N–H and O–H groups in total. The van der Waals surface area contributed by atoms with Crippen LogP contribution in [0.4, 0.5) is 0 Å². The fourth-order valence-electron chi connectivity index (χ4n) is 2.72. The minimum absolute atomic E-state index is 0.0282. The average Bonchev–Trinajstić information content (AvgIpc) is 2.67. The van der Waals surface area contributed by atoms with Crippen molar-refractivity contribution in [1.82, 2.24) is 10.2 Å². The molecule has 4 nitrogen and oxygen atoms in total. The molecule has 0 aliphatic rings. The molecule has 0 aliphatic carbocycles. The summed E-state index contributed by atoms with van der Waals surface area (Å²) in [5.41, 5.74) is 1.50. The minimum atomic E-state index is -0.621. The zero-order chi connectivity index (χ0) is 20.7. The van der Waals surface area contributed by atoms with Crippen LogP contribution in [0.15, 0.2) is 46.9 Å². The van der Waals surface area contributed by atoms with Gasteiger partial charge >= 0.3 is 0 Å². The monoisotopic (exact) mass is 484 g/mol. The molecule has 2 amide bonds. The van der Waals surface area contributed by atoms with Gasteiger partial charge in [0.2, 0.25) is 11.8 Å². The molecule has 0 heterocycles. The topological polar surface area (TPSA) is 49.4 Å². The second-order valence-electron chi connectivity index (χ2n) is 6.49. The Hall–Kier alpha value is -1.56. The zero-order valence-electron chi connectivity index (χ0n) is 15.8. The lowest BCUT2D eigenvalue weighted by Crippen LogP contribution is -2.48. The van der Waals surface area contributed by atoms with Gasteiger partial charge in [-0.3, -0.25) is 9.59 Å². The van der Waals surface area contributed by atoms with Crippen molar-refractivity contribution in [3.8, 4) is 0 Å². The largest absolute Gasteiger partial charge is 0.354 e. The molecule has 2 aromatic rings. The molecule has 150 valence electrons. The van der Waals surface area contributed by atoms with Crippen LogP contribution in [0.25, 0.3) is 0 Å². The first-order chi connectivity index (χ1) is 13.3. The summed E-state index contributed by atoms with van der Waals surface area (Å²) >= 11 is 15.9. The van der Waals surface area contributed by atoms with E-state index in [0.29, 0.717) is 28.7 Å². The number of carbonyl (C=O) groups is 2. The van der Waals surface area contributed by atoms with E-state index in [1.54, 1.807) is 30.0 Å². The summed E-state index contributed by atoms with van der Waals surface area (Å²) in [5.74, 6) is -0.394. The average molecular weight is 486 g/mol. The molecule has 28 heavy (non-hydrogen) atoms. The highest BCUT2D eigenvalue weighted by atomic mass is 79.9. The Morgan fingerprint density at radius 1 is 1.11 bits per heavy atom. The molecule has 7 heteroatoms. The van der Waals surface area contributed by atoms with Crippen molar-refractivity contribution in [2.24, 2.45) is 0 Å². The highest BCUT2D eigenvalue weighted by Gasteiger charge is 2.27. The van der Waals surface area contributed by atoms with E-state index < -0.39 is 6.04 Å². The van der Waals surface area contributed by atoms with Gasteiger partial charge in [-0.2, -0.15) is 0 Å². The molecule has 0 spiro atoms. The molecule has 0 aromatic heterocycles. The summed E-state index contributed by atoms with van der Waals surface area (Å²) in [7, 11) is 0. The van der Waals surface area contributed by atoms with Crippen molar-refractivity contribution < 1.29 is 9.59 Å². The van der Waals surface area contributed by atoms with Gasteiger partial charge in [-0.15, -0.1) is 0 Å². The maximum Gasteiger partial charge on any atom is 0.242 e. The Labute approximate surface area is 184 Å². The number of amides is 2. The highest BCUT2D eigenvalue weighted by Crippen LogP contribution is 2.26. The lowest BCUT2D eigenvalue weighted by molar-refractivity contribution is -0.140. The summed E-state index contributed by atoms with van der Waals surface area (Å²) in [4.78, 5) is 27.2. The maximum absolute atomic E-state index is 13.1. The molecule has 0 bridgehead atoms. The third kappa shape index (κ3) is 6.23. The van der Waals surface area contributed by atoms with Crippen molar-refractivity contribution in [2.75, 3.05) is 6.54 Å². The van der Waals surface area contributed by atoms with Crippen LogP contribution >= 0.6 is 39.1 Å². The SMILES string of the molecule is CCCNC(=O)C(C)N(Cc1ccc(Br)cc1)C(=O)Cc1c(Cl)cccc1Cl. The molecule has 0 fully saturated rings. The molecule has 0 radical (unpaired) electrons. The van der Waals surface area contributed by atoms with Crippen LogP contribution in [-0.2, 0) is 22.6 Å². The van der Waals surface area contributed by atoms with E-state index in [2.05, 4.69) is 21.2 Å². The summed E-state index contributed by atoms with van der Waals surface area (Å²) in [5, 5.41) is 3.73. The number of hydrogen-bond acceptors (Lipinski definition) is 2. The molecule has 0 saturated carbocycles. The zero-order valence-corrected chi connectivity index (χ0v) is 18.9. The molecule has 2 aromatic carbocycles. The Kier molecular flexibility index (Phi) is 8.80. The van der Waals surface area contributed by atoms with Crippen LogP contribution in [-0.4, -0.2) is 29.3 Å². The number of nitrogens with one attached hydrogen (secondary N) is 1. The third-order valence-corrected chi connectivity index (χ3v) is 5.61. The molecule has 0 saturated heterocycles. The number of nitrogens with zero attached hydrogens (tertiary/aromatic N) is 1. The lowest BCUT2D eigenvalue weighted by Gasteiger charge is -2.29. The summed E-state index contributed by atoms with van der Waals surface area (Å²) in [6.07, 6.45) is 0.856. The van der Waals surface area contributed by atoms with Crippen LogP contribution in [0.1, 0.15) is 31.4 Å². The minimum Gasteiger partial charge on any atom is -0.354 e. The van der Waals surface area contributed by atoms with Crippen LogP contribution < -0.4 is 5.32 Å². The Morgan fingerprint density at radius 3 is 2.29 bits per heavy atom. The number of rotatable bonds is 8. The lowest BCUT2D eigenvalue weighted by atomic mass is 10.1. The number of halogens is 3. The smallest absolute Gasteiger partial charge is 0.242 e. The fraction of sp³-hybridized carbons (Fsp3) is 0.333. The van der Waals surface area contributed by atoms with Gasteiger partial charge in [0.05, 0.1) is 6.42 Å². The van der Waals surface area contributed by atoms with Crippen molar-refractivity contribution >= 4 is 50.9 Å². The Balaban J connectivity index is 2.26. The van der Waals surface area contributed by atoms with E-state index in [1.807, 2.05) is 31.2 Å². The standard InChI is InChI=1S/C21H23BrCl2N2O2/c1-3-11-25-21(28)14(2)26(13-15-7-9-16(22)10-8-15)20(27)12-17-18(23)5-4-6-19(17)24/h4-10,14H,3,11-13H2,1-2H3,(H,25,28). The number of carbonyl (C=O) groups excluding carboxylic acids is 2. The van der Waals surface area contributed by atoms with Crippen LogP contribution in [0.2, 0.25) is 10.0 Å². The molecule has 2 rings (SSSR count). The van der Waals surface area contributed by atoms with Gasteiger partial charge in [0.1, 0.15) is 6.04 Å². The van der Waals surface area contributed by atoms with E-state index in [4.69, 9.17) is 23.2 Å². The van der Waals surface area contributed by atoms with Crippen molar-refractivity contribution in [1.29, 1.82) is 0 Å². The first kappa shape index (κ1) is 22.7. The van der Waals surface area contributed by atoms with Crippen LogP contribution in [0.3, 0.4) is 0 Å². The highest BCUT2D eigenvalue weighted by molar-refractivity contribution is 9.10. The molecule has 0 aliphatic heterocycles. The molecular formula is C21H23BrCl2N2O2. The van der Waals surface area contributed by atoms with Gasteiger partial charge in [0.25, 0.3) is 0 Å². The quantitative estimate of drug-likeness (QED) is 0.555. The first-order valence-electron chi connectivity index (χ1n) is 9.08. The molecule has 1 atom stereocenters. The second kappa shape index (κ2) is 10.8. The Morgan fingerprint density at radius 2 is 1.71 bits per heavy atom. The van der Waals surface area contributed by atoms with Gasteiger partial charge in [0, 0.05) is 27.6 Å². The van der Waals surface area contributed by atoms with Crippen molar-refractivity contribution in [3.05, 3.63) is 68.1 Å². The van der Waals surface area contributed by atoms with E-state index >= 15 is 0 Å². The fourth-order valence-corrected chi connectivity index (χ4v) is 3.51. The first-order valence-corrected chi connectivity index (χ1v) is 10.6. The predicted molar refractivity (Wildman–Crippen MR) is 118 cm³/mol. The van der Waals surface area contributed by atoms with Crippen LogP contribution in [0, 0.1) is 0 Å². The predicted octanol–water partition coefficient (Wildman–Crippen LogP) is 5.24. The van der Waals surface area contributed by atoms with E-state index in [9.17, 15) is 9.59 Å². The van der Waals surface area contributed by atoms with Gasteiger partial charge < -0.3 is 10.2 Å². The van der Waals surface area contributed by atoms with Gasteiger partial charge in [-0.1, -0.05) is 64.3 Å². The summed E-state index contributed by atoms with van der Waals surface area (Å²) < 4.78 is 0.950. The third-order valence-electron chi connectivity index (χ3n) is 4.37. The van der Waals surface area contributed by atoms with E-state index in [1.165, 1.54) is 0 Å². The van der Waals surface area contributed by atoms with Crippen molar-refractivity contribution in [2.45, 2.75) is 39.3 Å².